The zero-order valence-corrected chi connectivity index (χ0v) is 16.8. The smallest absolute Gasteiger partial charge is 0.227 e. The molecule has 25 heavy (non-hydrogen) atoms. The number of morpholine rings is 1. The van der Waals surface area contributed by atoms with Crippen molar-refractivity contribution >= 4 is 41.5 Å². The summed E-state index contributed by atoms with van der Waals surface area (Å²) < 4.78 is 5.32. The number of benzene rings is 1. The van der Waals surface area contributed by atoms with Crippen LogP contribution in [-0.2, 0) is 16.1 Å². The Balaban J connectivity index is 0.00000225. The molecule has 1 aromatic rings. The second-order valence-corrected chi connectivity index (χ2v) is 6.44. The van der Waals surface area contributed by atoms with E-state index in [9.17, 15) is 4.79 Å². The van der Waals surface area contributed by atoms with Gasteiger partial charge in [-0.1, -0.05) is 25.0 Å². The molecule has 1 aromatic carbocycles. The molecule has 7 heteroatoms. The van der Waals surface area contributed by atoms with E-state index in [-0.39, 0.29) is 35.8 Å². The van der Waals surface area contributed by atoms with Crippen molar-refractivity contribution in [3.63, 3.8) is 0 Å². The van der Waals surface area contributed by atoms with Gasteiger partial charge in [-0.2, -0.15) is 0 Å². The predicted octanol–water partition coefficient (Wildman–Crippen LogP) is 2.58. The number of carbonyl (C=O) groups excluding carboxylic acids is 1. The van der Waals surface area contributed by atoms with Gasteiger partial charge in [-0.3, -0.25) is 4.79 Å². The number of carbonyl (C=O) groups is 1. The predicted molar refractivity (Wildman–Crippen MR) is 110 cm³/mol. The van der Waals surface area contributed by atoms with Crippen molar-refractivity contribution in [2.24, 2.45) is 16.6 Å². The minimum absolute atomic E-state index is 0. The summed E-state index contributed by atoms with van der Waals surface area (Å²) in [6, 6.07) is 7.84. The number of hydrogen-bond donors (Lipinski definition) is 2. The lowest BCUT2D eigenvalue weighted by molar-refractivity contribution is -0.119. The van der Waals surface area contributed by atoms with Gasteiger partial charge in [0.05, 0.1) is 19.8 Å². The first-order valence-electron chi connectivity index (χ1n) is 8.75. The van der Waals surface area contributed by atoms with E-state index in [1.165, 1.54) is 0 Å². The largest absolute Gasteiger partial charge is 0.378 e. The summed E-state index contributed by atoms with van der Waals surface area (Å²) in [7, 11) is 0. The number of nitrogens with zero attached hydrogens (tertiary/aromatic N) is 2. The van der Waals surface area contributed by atoms with Crippen LogP contribution in [0.1, 0.15) is 31.2 Å². The molecule has 1 aliphatic heterocycles. The third-order valence-electron chi connectivity index (χ3n) is 4.68. The fraction of sp³-hybridized carbons (Fsp3) is 0.556. The first kappa shape index (κ1) is 20.0. The highest BCUT2D eigenvalue weighted by Gasteiger charge is 2.22. The second kappa shape index (κ2) is 9.96. The van der Waals surface area contributed by atoms with Crippen LogP contribution in [-0.4, -0.2) is 43.1 Å². The van der Waals surface area contributed by atoms with Crippen LogP contribution < -0.4 is 11.1 Å². The Kier molecular flexibility index (Phi) is 7.95. The van der Waals surface area contributed by atoms with Gasteiger partial charge in [0.25, 0.3) is 0 Å². The first-order chi connectivity index (χ1) is 11.7. The van der Waals surface area contributed by atoms with E-state index in [2.05, 4.69) is 10.3 Å². The molecule has 1 amide bonds. The molecule has 0 bridgehead atoms. The number of ether oxygens (including phenoxy) is 1. The fourth-order valence-electron chi connectivity index (χ4n) is 3.24. The van der Waals surface area contributed by atoms with Gasteiger partial charge in [0.15, 0.2) is 5.96 Å². The minimum Gasteiger partial charge on any atom is -0.378 e. The van der Waals surface area contributed by atoms with Crippen molar-refractivity contribution < 1.29 is 9.53 Å². The van der Waals surface area contributed by atoms with Gasteiger partial charge >= 0.3 is 0 Å². The first-order valence-corrected chi connectivity index (χ1v) is 8.75. The molecule has 1 heterocycles. The highest BCUT2D eigenvalue weighted by molar-refractivity contribution is 14.0. The van der Waals surface area contributed by atoms with Crippen LogP contribution in [0.5, 0.6) is 0 Å². The summed E-state index contributed by atoms with van der Waals surface area (Å²) in [5, 5.41) is 3.03. The Morgan fingerprint density at radius 2 is 2.00 bits per heavy atom. The van der Waals surface area contributed by atoms with E-state index < -0.39 is 0 Å². The van der Waals surface area contributed by atoms with Crippen LogP contribution in [0.4, 0.5) is 5.69 Å². The molecule has 0 radical (unpaired) electrons. The van der Waals surface area contributed by atoms with Crippen LogP contribution in [0, 0.1) is 5.92 Å². The third kappa shape index (κ3) is 5.85. The van der Waals surface area contributed by atoms with Gasteiger partial charge in [0, 0.05) is 24.7 Å². The molecule has 1 saturated carbocycles. The molecule has 0 aromatic heterocycles. The Hall–Kier alpha value is -1.35. The van der Waals surface area contributed by atoms with Crippen LogP contribution >= 0.6 is 24.0 Å². The van der Waals surface area contributed by atoms with Crippen LogP contribution in [0.25, 0.3) is 0 Å². The molecule has 1 saturated heterocycles. The number of amides is 1. The standard InChI is InChI=1S/C18H26N4O2.HI/c19-18(22-8-10-24-11-9-22)20-13-14-4-3-7-16(12-14)21-17(23)15-5-1-2-6-15;/h3-4,7,12,15H,1-2,5-6,8-11,13H2,(H2,19,20)(H,21,23);1H. The zero-order valence-electron chi connectivity index (χ0n) is 14.4. The average molecular weight is 458 g/mol. The van der Waals surface area contributed by atoms with E-state index in [1.807, 2.05) is 29.2 Å². The number of aliphatic imine (C=N–C) groups is 1. The summed E-state index contributed by atoms with van der Waals surface area (Å²) >= 11 is 0. The van der Waals surface area contributed by atoms with Crippen molar-refractivity contribution in [3.8, 4) is 0 Å². The molecule has 6 nitrogen and oxygen atoms in total. The van der Waals surface area contributed by atoms with Crippen LogP contribution in [0.3, 0.4) is 0 Å². The van der Waals surface area contributed by atoms with Crippen molar-refractivity contribution in [1.29, 1.82) is 0 Å². The lowest BCUT2D eigenvalue weighted by atomic mass is 10.1. The minimum atomic E-state index is 0. The number of hydrogen-bond acceptors (Lipinski definition) is 3. The topological polar surface area (TPSA) is 79.9 Å². The number of rotatable bonds is 4. The van der Waals surface area contributed by atoms with E-state index >= 15 is 0 Å². The summed E-state index contributed by atoms with van der Waals surface area (Å²) in [6.07, 6.45) is 4.33. The van der Waals surface area contributed by atoms with Gasteiger partial charge in [-0.15, -0.1) is 24.0 Å². The van der Waals surface area contributed by atoms with Crippen molar-refractivity contribution in [2.45, 2.75) is 32.2 Å². The van der Waals surface area contributed by atoms with Crippen molar-refractivity contribution in [2.75, 3.05) is 31.6 Å². The lowest BCUT2D eigenvalue weighted by Gasteiger charge is -2.27. The van der Waals surface area contributed by atoms with Gasteiger partial charge in [-0.05, 0) is 30.5 Å². The van der Waals surface area contributed by atoms with Crippen molar-refractivity contribution in [3.05, 3.63) is 29.8 Å². The van der Waals surface area contributed by atoms with Crippen LogP contribution in [0.15, 0.2) is 29.3 Å². The molecule has 2 aliphatic rings. The number of nitrogens with two attached hydrogens (primary N) is 1. The Morgan fingerprint density at radius 1 is 1.28 bits per heavy atom. The molecule has 0 atom stereocenters. The molecular weight excluding hydrogens is 431 g/mol. The second-order valence-electron chi connectivity index (χ2n) is 6.44. The zero-order chi connectivity index (χ0) is 16.8. The summed E-state index contributed by atoms with van der Waals surface area (Å²) in [5.41, 5.74) is 7.92. The third-order valence-corrected chi connectivity index (χ3v) is 4.68. The van der Waals surface area contributed by atoms with E-state index in [1.54, 1.807) is 0 Å². The Labute approximate surface area is 166 Å². The van der Waals surface area contributed by atoms with Gasteiger partial charge < -0.3 is 20.7 Å². The maximum Gasteiger partial charge on any atom is 0.227 e. The summed E-state index contributed by atoms with van der Waals surface area (Å²) in [5.74, 6) is 0.864. The average Bonchev–Trinajstić information content (AvgIpc) is 3.15. The maximum atomic E-state index is 12.2. The van der Waals surface area contributed by atoms with E-state index in [4.69, 9.17) is 10.5 Å². The molecule has 1 aliphatic carbocycles. The quantitative estimate of drug-likeness (QED) is 0.413. The molecular formula is C18H27IN4O2. The maximum absolute atomic E-state index is 12.2. The molecule has 3 N–H and O–H groups in total. The summed E-state index contributed by atoms with van der Waals surface area (Å²) in [6.45, 7) is 3.47. The van der Waals surface area contributed by atoms with E-state index in [0.717, 1.165) is 50.0 Å². The molecule has 0 unspecified atom stereocenters. The normalized spacial score (nSPS) is 18.7. The van der Waals surface area contributed by atoms with Gasteiger partial charge in [0.1, 0.15) is 0 Å². The van der Waals surface area contributed by atoms with Crippen LogP contribution in [0.2, 0.25) is 0 Å². The SMILES string of the molecule is I.NC(=NCc1cccc(NC(=O)C2CCCC2)c1)N1CCOCC1. The number of nitrogens with one attached hydrogen (secondary N) is 1. The number of halogens is 1. The van der Waals surface area contributed by atoms with Gasteiger partial charge in [-0.25, -0.2) is 4.99 Å². The monoisotopic (exact) mass is 458 g/mol. The van der Waals surface area contributed by atoms with Gasteiger partial charge in [0.2, 0.25) is 5.91 Å². The lowest BCUT2D eigenvalue weighted by Crippen LogP contribution is -2.44. The molecule has 0 spiro atoms. The Bertz CT molecular complexity index is 596. The molecule has 138 valence electrons. The molecule has 2 fully saturated rings. The molecule has 3 rings (SSSR count). The number of anilines is 1. The fourth-order valence-corrected chi connectivity index (χ4v) is 3.24. The van der Waals surface area contributed by atoms with E-state index in [0.29, 0.717) is 25.7 Å². The highest BCUT2D eigenvalue weighted by atomic mass is 127. The number of guanidine groups is 1. The Morgan fingerprint density at radius 3 is 2.72 bits per heavy atom. The highest BCUT2D eigenvalue weighted by Crippen LogP contribution is 2.26. The van der Waals surface area contributed by atoms with Crippen molar-refractivity contribution in [1.82, 2.24) is 4.90 Å². The summed E-state index contributed by atoms with van der Waals surface area (Å²) in [4.78, 5) is 18.7.